The Morgan fingerprint density at radius 3 is 2.12 bits per heavy atom. The van der Waals surface area contributed by atoms with Crippen LogP contribution in [0.2, 0.25) is 0 Å². The summed E-state index contributed by atoms with van der Waals surface area (Å²) in [6, 6.07) is 12.7. The first-order valence-electron chi connectivity index (χ1n) is 10.1. The summed E-state index contributed by atoms with van der Waals surface area (Å²) in [5.41, 5.74) is 1.83. The van der Waals surface area contributed by atoms with Crippen LogP contribution < -0.4 is 9.47 Å². The number of aliphatic hydroxyl groups is 2. The molecule has 0 aliphatic rings. The molecule has 0 saturated carbocycles. The van der Waals surface area contributed by atoms with Crippen LogP contribution in [0.1, 0.15) is 12.5 Å². The Hall–Kier alpha value is -3.42. The van der Waals surface area contributed by atoms with Crippen LogP contribution in [-0.4, -0.2) is 48.6 Å². The van der Waals surface area contributed by atoms with E-state index in [0.29, 0.717) is 11.5 Å². The van der Waals surface area contributed by atoms with Gasteiger partial charge in [-0.3, -0.25) is 0 Å². The van der Waals surface area contributed by atoms with Crippen LogP contribution >= 0.6 is 0 Å². The molecule has 2 N–H and O–H groups in total. The Labute approximate surface area is 187 Å². The predicted molar refractivity (Wildman–Crippen MR) is 120 cm³/mol. The molecule has 0 aliphatic heterocycles. The summed E-state index contributed by atoms with van der Waals surface area (Å²) in [6.45, 7) is 7.63. The third-order valence-electron chi connectivity index (χ3n) is 4.91. The van der Waals surface area contributed by atoms with Gasteiger partial charge in [-0.05, 0) is 47.4 Å². The minimum atomic E-state index is -1.14. The average Bonchev–Trinajstić information content (AvgIpc) is 2.84. The molecule has 0 atom stereocenters. The summed E-state index contributed by atoms with van der Waals surface area (Å²) in [6.07, 6.45) is 2.86. The molecule has 2 aromatic rings. The van der Waals surface area contributed by atoms with Crippen LogP contribution in [0, 0.1) is 5.41 Å². The number of aliphatic hydroxyl groups excluding tert-OH is 2. The van der Waals surface area contributed by atoms with Crippen molar-refractivity contribution >= 4 is 11.9 Å². The van der Waals surface area contributed by atoms with Gasteiger partial charge in [0.25, 0.3) is 0 Å². The Bertz CT molecular complexity index is 943. The monoisotopic (exact) mass is 440 g/mol. The lowest BCUT2D eigenvalue weighted by atomic mass is 9.92. The first-order chi connectivity index (χ1) is 15.4. The van der Waals surface area contributed by atoms with E-state index in [-0.39, 0.29) is 13.2 Å². The van der Waals surface area contributed by atoms with Crippen molar-refractivity contribution in [3.63, 3.8) is 0 Å². The lowest BCUT2D eigenvalue weighted by Gasteiger charge is -2.29. The Morgan fingerprint density at radius 2 is 1.56 bits per heavy atom. The number of hydrogen-bond acceptors (Lipinski definition) is 7. The van der Waals surface area contributed by atoms with Crippen LogP contribution in [0.15, 0.2) is 67.8 Å². The molecule has 2 aromatic carbocycles. The highest BCUT2D eigenvalue weighted by atomic mass is 16.5. The number of benzene rings is 2. The van der Waals surface area contributed by atoms with E-state index in [1.165, 1.54) is 0 Å². The maximum Gasteiger partial charge on any atom is 0.335 e. The van der Waals surface area contributed by atoms with Crippen LogP contribution in [0.3, 0.4) is 0 Å². The number of rotatable bonds is 12. The van der Waals surface area contributed by atoms with Crippen LogP contribution in [-0.2, 0) is 20.7 Å². The molecule has 170 valence electrons. The van der Waals surface area contributed by atoms with Crippen molar-refractivity contribution in [2.75, 3.05) is 26.4 Å². The summed E-state index contributed by atoms with van der Waals surface area (Å²) >= 11 is 0. The fraction of sp³-hybridized carbons (Fsp3) is 0.280. The average molecular weight is 440 g/mol. The minimum Gasteiger partial charge on any atom is -0.493 e. The molecule has 0 spiro atoms. The lowest BCUT2D eigenvalue weighted by molar-refractivity contribution is -0.145. The second-order valence-corrected chi connectivity index (χ2v) is 7.24. The zero-order valence-electron chi connectivity index (χ0n) is 18.1. The van der Waals surface area contributed by atoms with Gasteiger partial charge in [-0.15, -0.1) is 0 Å². The lowest BCUT2D eigenvalue weighted by Crippen LogP contribution is -2.41. The third-order valence-corrected chi connectivity index (χ3v) is 4.91. The second-order valence-electron chi connectivity index (χ2n) is 7.24. The molecule has 0 radical (unpaired) electrons. The molecular weight excluding hydrogens is 412 g/mol. The number of ether oxygens (including phenoxy) is 3. The Morgan fingerprint density at radius 1 is 0.938 bits per heavy atom. The molecule has 0 aliphatic carbocycles. The maximum atomic E-state index is 11.3. The van der Waals surface area contributed by atoms with Crippen LogP contribution in [0.25, 0.3) is 11.1 Å². The molecule has 7 heteroatoms. The summed E-state index contributed by atoms with van der Waals surface area (Å²) in [5, 5.41) is 19.5. The molecular formula is C25H28O7. The molecule has 0 heterocycles. The van der Waals surface area contributed by atoms with Gasteiger partial charge < -0.3 is 24.4 Å². The Kier molecular flexibility index (Phi) is 9.19. The van der Waals surface area contributed by atoms with Crippen LogP contribution in [0.5, 0.6) is 11.5 Å². The molecule has 7 nitrogen and oxygen atoms in total. The van der Waals surface area contributed by atoms with Gasteiger partial charge in [0.15, 0.2) is 0 Å². The summed E-state index contributed by atoms with van der Waals surface area (Å²) in [4.78, 5) is 22.7. The van der Waals surface area contributed by atoms with Gasteiger partial charge in [0.05, 0.1) is 18.6 Å². The van der Waals surface area contributed by atoms with Gasteiger partial charge in [0.2, 0.25) is 0 Å². The minimum absolute atomic E-state index is 0.0453. The molecule has 0 saturated heterocycles. The van der Waals surface area contributed by atoms with Gasteiger partial charge in [0, 0.05) is 12.2 Å². The van der Waals surface area contributed by atoms with E-state index in [0.717, 1.165) is 35.3 Å². The van der Waals surface area contributed by atoms with E-state index in [2.05, 4.69) is 13.2 Å². The molecule has 0 bridgehead atoms. The molecule has 0 aromatic heterocycles. The number of hydrogen-bond donors (Lipinski definition) is 2. The number of carbonyl (C=O) groups excluding carboxylic acids is 2. The molecule has 0 fully saturated rings. The maximum absolute atomic E-state index is 11.3. The predicted octanol–water partition coefficient (Wildman–Crippen LogP) is 3.09. The van der Waals surface area contributed by atoms with Crippen molar-refractivity contribution in [2.24, 2.45) is 5.41 Å². The molecule has 0 amide bonds. The van der Waals surface area contributed by atoms with Gasteiger partial charge in [-0.1, -0.05) is 38.3 Å². The zero-order chi connectivity index (χ0) is 23.6. The largest absolute Gasteiger partial charge is 0.493 e. The van der Waals surface area contributed by atoms with Gasteiger partial charge in [-0.25, -0.2) is 9.59 Å². The SMILES string of the molecule is C=CC(=O)OCC(CO)(CO)COc1ccc(-c2ccc(OC(=O)C=C)cc2)c(CC)c1. The smallest absolute Gasteiger partial charge is 0.335 e. The van der Waals surface area contributed by atoms with Crippen molar-refractivity contribution in [3.05, 3.63) is 73.3 Å². The molecule has 0 unspecified atom stereocenters. The first kappa shape index (κ1) is 24.8. The highest BCUT2D eigenvalue weighted by Crippen LogP contribution is 2.30. The summed E-state index contributed by atoms with van der Waals surface area (Å²) in [5.74, 6) is -0.171. The fourth-order valence-corrected chi connectivity index (χ4v) is 2.89. The van der Waals surface area contributed by atoms with E-state index < -0.39 is 30.6 Å². The van der Waals surface area contributed by atoms with E-state index >= 15 is 0 Å². The second kappa shape index (κ2) is 11.8. The van der Waals surface area contributed by atoms with Crippen molar-refractivity contribution in [3.8, 4) is 22.6 Å². The quantitative estimate of drug-likeness (QED) is 0.297. The van der Waals surface area contributed by atoms with Crippen molar-refractivity contribution in [1.29, 1.82) is 0 Å². The highest BCUT2D eigenvalue weighted by molar-refractivity contribution is 5.83. The highest BCUT2D eigenvalue weighted by Gasteiger charge is 2.32. The summed E-state index contributed by atoms with van der Waals surface area (Å²) < 4.78 is 15.9. The van der Waals surface area contributed by atoms with E-state index in [1.807, 2.05) is 31.2 Å². The summed E-state index contributed by atoms with van der Waals surface area (Å²) in [7, 11) is 0. The number of aryl methyl sites for hydroxylation is 1. The van der Waals surface area contributed by atoms with Gasteiger partial charge in [0.1, 0.15) is 24.7 Å². The fourth-order valence-electron chi connectivity index (χ4n) is 2.89. The van der Waals surface area contributed by atoms with Crippen molar-refractivity contribution in [2.45, 2.75) is 13.3 Å². The Balaban J connectivity index is 2.15. The van der Waals surface area contributed by atoms with E-state index in [4.69, 9.17) is 14.2 Å². The number of esters is 2. The van der Waals surface area contributed by atoms with Gasteiger partial charge in [-0.2, -0.15) is 0 Å². The van der Waals surface area contributed by atoms with E-state index in [1.54, 1.807) is 18.2 Å². The molecule has 2 rings (SSSR count). The zero-order valence-corrected chi connectivity index (χ0v) is 18.1. The standard InChI is InChI=1S/C25H28O7/c1-4-18-13-21(30-16-25(14-26,15-27)17-31-23(28)5-2)11-12-22(18)19-7-9-20(10-8-19)32-24(29)6-3/h5-13,26-27H,2-4,14-17H2,1H3. The number of carbonyl (C=O) groups is 2. The van der Waals surface area contributed by atoms with Gasteiger partial charge >= 0.3 is 11.9 Å². The topological polar surface area (TPSA) is 102 Å². The van der Waals surface area contributed by atoms with Crippen molar-refractivity contribution < 1.29 is 34.0 Å². The third kappa shape index (κ3) is 6.54. The first-order valence-corrected chi connectivity index (χ1v) is 10.1. The van der Waals surface area contributed by atoms with E-state index in [9.17, 15) is 19.8 Å². The van der Waals surface area contributed by atoms with Crippen molar-refractivity contribution in [1.82, 2.24) is 0 Å². The molecule has 32 heavy (non-hydrogen) atoms. The normalized spacial score (nSPS) is 10.8. The van der Waals surface area contributed by atoms with Crippen LogP contribution in [0.4, 0.5) is 0 Å².